The van der Waals surface area contributed by atoms with Gasteiger partial charge in [-0.2, -0.15) is 0 Å². The fourth-order valence-electron chi connectivity index (χ4n) is 2.49. The molecule has 0 fully saturated rings. The molecule has 0 radical (unpaired) electrons. The van der Waals surface area contributed by atoms with Crippen molar-refractivity contribution in [2.75, 3.05) is 34.3 Å². The monoisotopic (exact) mass is 320 g/mol. The van der Waals surface area contributed by atoms with E-state index in [1.54, 1.807) is 7.11 Å². The number of benzene rings is 1. The highest BCUT2D eigenvalue weighted by Crippen LogP contribution is 2.27. The lowest BCUT2D eigenvalue weighted by Crippen LogP contribution is -2.33. The van der Waals surface area contributed by atoms with Crippen LogP contribution in [0.5, 0.6) is 5.75 Å². The van der Waals surface area contributed by atoms with Crippen molar-refractivity contribution < 1.29 is 4.74 Å². The van der Waals surface area contributed by atoms with E-state index in [-0.39, 0.29) is 6.04 Å². The fraction of sp³-hybridized carbons (Fsp3) is 0.611. The van der Waals surface area contributed by atoms with E-state index in [0.29, 0.717) is 12.5 Å². The number of hydrogen-bond acceptors (Lipinski definition) is 3. The summed E-state index contributed by atoms with van der Waals surface area (Å²) in [4.78, 5) is 6.64. The second kappa shape index (κ2) is 10.9. The molecular weight excluding hydrogens is 288 g/mol. The molecule has 0 bridgehead atoms. The molecule has 0 aliphatic rings. The van der Waals surface area contributed by atoms with Gasteiger partial charge in [0.1, 0.15) is 5.75 Å². The Morgan fingerprint density at radius 1 is 1.26 bits per heavy atom. The predicted octanol–water partition coefficient (Wildman–Crippen LogP) is 2.78. The zero-order chi connectivity index (χ0) is 17.1. The van der Waals surface area contributed by atoms with Crippen LogP contribution in [-0.2, 0) is 0 Å². The molecule has 0 saturated heterocycles. The second-order valence-electron chi connectivity index (χ2n) is 5.93. The second-order valence-corrected chi connectivity index (χ2v) is 5.93. The van der Waals surface area contributed by atoms with Crippen molar-refractivity contribution in [3.8, 4) is 5.75 Å². The summed E-state index contributed by atoms with van der Waals surface area (Å²) in [6.45, 7) is 3.69. The van der Waals surface area contributed by atoms with Gasteiger partial charge in [0.2, 0.25) is 0 Å². The van der Waals surface area contributed by atoms with Crippen LogP contribution in [0.4, 0.5) is 0 Å². The number of aliphatic imine (C=N–C) groups is 1. The Morgan fingerprint density at radius 3 is 2.65 bits per heavy atom. The number of nitrogens with one attached hydrogen (secondary N) is 1. The van der Waals surface area contributed by atoms with Gasteiger partial charge in [-0.1, -0.05) is 44.4 Å². The molecule has 1 aromatic carbocycles. The van der Waals surface area contributed by atoms with Crippen molar-refractivity contribution in [3.05, 3.63) is 29.8 Å². The van der Waals surface area contributed by atoms with Gasteiger partial charge in [0, 0.05) is 12.1 Å². The minimum Gasteiger partial charge on any atom is -0.496 e. The van der Waals surface area contributed by atoms with Crippen LogP contribution >= 0.6 is 0 Å². The van der Waals surface area contributed by atoms with E-state index in [4.69, 9.17) is 10.5 Å². The highest BCUT2D eigenvalue weighted by molar-refractivity contribution is 5.77. The first-order valence-corrected chi connectivity index (χ1v) is 8.43. The number of nitrogens with zero attached hydrogens (tertiary/aromatic N) is 2. The smallest absolute Gasteiger partial charge is 0.188 e. The minimum absolute atomic E-state index is 0.131. The summed E-state index contributed by atoms with van der Waals surface area (Å²) in [5.41, 5.74) is 7.10. The van der Waals surface area contributed by atoms with Crippen LogP contribution in [0.1, 0.15) is 44.2 Å². The SMILES string of the molecule is CCCCCCNC(N)=NCC(c1ccccc1OC)N(C)C. The molecule has 23 heavy (non-hydrogen) atoms. The van der Waals surface area contributed by atoms with Gasteiger partial charge in [-0.15, -0.1) is 0 Å². The van der Waals surface area contributed by atoms with Crippen LogP contribution in [0.2, 0.25) is 0 Å². The van der Waals surface area contributed by atoms with Gasteiger partial charge < -0.3 is 20.7 Å². The third kappa shape index (κ3) is 6.91. The number of ether oxygens (including phenoxy) is 1. The maximum Gasteiger partial charge on any atom is 0.188 e. The third-order valence-electron chi connectivity index (χ3n) is 3.89. The predicted molar refractivity (Wildman–Crippen MR) is 98.1 cm³/mol. The summed E-state index contributed by atoms with van der Waals surface area (Å²) < 4.78 is 5.46. The normalized spacial score (nSPS) is 13.2. The average molecular weight is 320 g/mol. The molecule has 1 atom stereocenters. The fourth-order valence-corrected chi connectivity index (χ4v) is 2.49. The molecule has 1 aromatic rings. The Hall–Kier alpha value is -1.75. The van der Waals surface area contributed by atoms with Crippen molar-refractivity contribution in [1.82, 2.24) is 10.2 Å². The first-order chi connectivity index (χ1) is 11.1. The third-order valence-corrected chi connectivity index (χ3v) is 3.89. The van der Waals surface area contributed by atoms with Crippen molar-refractivity contribution in [2.24, 2.45) is 10.7 Å². The number of unbranched alkanes of at least 4 members (excludes halogenated alkanes) is 3. The molecule has 0 aromatic heterocycles. The lowest BCUT2D eigenvalue weighted by molar-refractivity contribution is 0.295. The zero-order valence-electron chi connectivity index (χ0n) is 15.0. The van der Waals surface area contributed by atoms with Crippen LogP contribution in [0.15, 0.2) is 29.3 Å². The van der Waals surface area contributed by atoms with Crippen LogP contribution in [-0.4, -0.2) is 45.2 Å². The highest BCUT2D eigenvalue weighted by atomic mass is 16.5. The molecule has 0 amide bonds. The lowest BCUT2D eigenvalue weighted by Gasteiger charge is -2.25. The number of hydrogen-bond donors (Lipinski definition) is 2. The number of para-hydroxylation sites is 1. The minimum atomic E-state index is 0.131. The van der Waals surface area contributed by atoms with Gasteiger partial charge >= 0.3 is 0 Å². The number of likely N-dealkylation sites (N-methyl/N-ethyl adjacent to an activating group) is 1. The molecule has 0 saturated carbocycles. The van der Waals surface area contributed by atoms with Crippen LogP contribution in [0, 0.1) is 0 Å². The van der Waals surface area contributed by atoms with Crippen LogP contribution in [0.3, 0.4) is 0 Å². The quantitative estimate of drug-likeness (QED) is 0.395. The Balaban J connectivity index is 2.61. The molecule has 3 N–H and O–H groups in total. The van der Waals surface area contributed by atoms with Gasteiger partial charge in [-0.25, -0.2) is 0 Å². The maximum atomic E-state index is 5.97. The zero-order valence-corrected chi connectivity index (χ0v) is 15.0. The van der Waals surface area contributed by atoms with E-state index in [1.165, 1.54) is 19.3 Å². The highest BCUT2D eigenvalue weighted by Gasteiger charge is 2.17. The molecule has 0 heterocycles. The van der Waals surface area contributed by atoms with Gasteiger partial charge in [0.15, 0.2) is 5.96 Å². The van der Waals surface area contributed by atoms with Crippen molar-refractivity contribution >= 4 is 5.96 Å². The Kier molecular flexibility index (Phi) is 9.14. The summed E-state index contributed by atoms with van der Waals surface area (Å²) in [6.07, 6.45) is 4.88. The van der Waals surface area contributed by atoms with Gasteiger partial charge in [-0.05, 0) is 26.6 Å². The number of nitrogens with two attached hydrogens (primary N) is 1. The number of guanidine groups is 1. The van der Waals surface area contributed by atoms with E-state index < -0.39 is 0 Å². The first-order valence-electron chi connectivity index (χ1n) is 8.43. The van der Waals surface area contributed by atoms with Crippen molar-refractivity contribution in [1.29, 1.82) is 0 Å². The van der Waals surface area contributed by atoms with E-state index in [9.17, 15) is 0 Å². The summed E-state index contributed by atoms with van der Waals surface area (Å²) in [7, 11) is 5.78. The lowest BCUT2D eigenvalue weighted by atomic mass is 10.0. The molecular formula is C18H32N4O. The molecule has 0 spiro atoms. The van der Waals surface area contributed by atoms with Crippen LogP contribution in [0.25, 0.3) is 0 Å². The largest absolute Gasteiger partial charge is 0.496 e. The Bertz CT molecular complexity index is 474. The van der Waals surface area contributed by atoms with Gasteiger partial charge in [0.25, 0.3) is 0 Å². The summed E-state index contributed by atoms with van der Waals surface area (Å²) in [5, 5.41) is 3.19. The molecule has 5 heteroatoms. The molecule has 0 aliphatic heterocycles. The van der Waals surface area contributed by atoms with E-state index in [1.807, 2.05) is 32.3 Å². The van der Waals surface area contributed by atoms with Crippen LogP contribution < -0.4 is 15.8 Å². The summed E-state index contributed by atoms with van der Waals surface area (Å²) >= 11 is 0. The standard InChI is InChI=1S/C18H32N4O/c1-5-6-7-10-13-20-18(19)21-14-16(22(2)3)15-11-8-9-12-17(15)23-4/h8-9,11-12,16H,5-7,10,13-14H2,1-4H3,(H3,19,20,21). The number of methoxy groups -OCH3 is 1. The van der Waals surface area contributed by atoms with E-state index >= 15 is 0 Å². The summed E-state index contributed by atoms with van der Waals surface area (Å²) in [6, 6.07) is 8.18. The first kappa shape index (κ1) is 19.3. The van der Waals surface area contributed by atoms with E-state index in [0.717, 1.165) is 24.3 Å². The van der Waals surface area contributed by atoms with Crippen molar-refractivity contribution in [3.63, 3.8) is 0 Å². The topological polar surface area (TPSA) is 62.9 Å². The van der Waals surface area contributed by atoms with Gasteiger partial charge in [-0.3, -0.25) is 4.99 Å². The molecule has 1 unspecified atom stereocenters. The average Bonchev–Trinajstić information content (AvgIpc) is 2.55. The molecule has 130 valence electrons. The Labute approximate surface area is 140 Å². The number of rotatable bonds is 10. The summed E-state index contributed by atoms with van der Waals surface area (Å²) in [5.74, 6) is 1.40. The van der Waals surface area contributed by atoms with Crippen molar-refractivity contribution in [2.45, 2.75) is 38.6 Å². The molecule has 1 rings (SSSR count). The maximum absolute atomic E-state index is 5.97. The molecule has 5 nitrogen and oxygen atoms in total. The van der Waals surface area contributed by atoms with Gasteiger partial charge in [0.05, 0.1) is 19.7 Å². The Morgan fingerprint density at radius 2 is 2.00 bits per heavy atom. The van der Waals surface area contributed by atoms with E-state index in [2.05, 4.69) is 28.2 Å². The molecule has 0 aliphatic carbocycles.